The Balaban J connectivity index is 2.26. The first-order valence-corrected chi connectivity index (χ1v) is 6.81. The average molecular weight is 261 g/mol. The first-order chi connectivity index (χ1) is 8.59. The summed E-state index contributed by atoms with van der Waals surface area (Å²) in [7, 11) is 8.07. The van der Waals surface area contributed by atoms with Crippen LogP contribution >= 0.6 is 11.3 Å². The summed E-state index contributed by atoms with van der Waals surface area (Å²) in [5.74, 6) is 0.991. The summed E-state index contributed by atoms with van der Waals surface area (Å²) in [6, 6.07) is 8.49. The molecule has 0 amide bonds. The van der Waals surface area contributed by atoms with Crippen LogP contribution < -0.4 is 0 Å². The second kappa shape index (κ2) is 5.40. The van der Waals surface area contributed by atoms with E-state index in [9.17, 15) is 0 Å². The number of hydrogen-bond donors (Lipinski definition) is 0. The van der Waals surface area contributed by atoms with Crippen molar-refractivity contribution < 1.29 is 0 Å². The Morgan fingerprint density at radius 1 is 1.11 bits per heavy atom. The fourth-order valence-corrected chi connectivity index (χ4v) is 2.95. The Morgan fingerprint density at radius 2 is 1.78 bits per heavy atom. The standard InChI is InChI=1S/C14H19N3S/c1-16(2)14(17(3)4)15-9-11-10-18-13-8-6-5-7-12(11)13/h5-8,10H,9H2,1-4H3. The highest BCUT2D eigenvalue weighted by atomic mass is 32.1. The van der Waals surface area contributed by atoms with Crippen molar-refractivity contribution in [1.29, 1.82) is 0 Å². The predicted molar refractivity (Wildman–Crippen MR) is 80.3 cm³/mol. The van der Waals surface area contributed by atoms with E-state index in [1.165, 1.54) is 15.6 Å². The average Bonchev–Trinajstić information content (AvgIpc) is 2.72. The molecule has 0 saturated carbocycles. The van der Waals surface area contributed by atoms with Crippen molar-refractivity contribution in [1.82, 2.24) is 9.80 Å². The van der Waals surface area contributed by atoms with Gasteiger partial charge in [-0.15, -0.1) is 11.3 Å². The highest BCUT2D eigenvalue weighted by Gasteiger charge is 2.06. The first kappa shape index (κ1) is 12.9. The number of nitrogens with zero attached hydrogens (tertiary/aromatic N) is 3. The van der Waals surface area contributed by atoms with Gasteiger partial charge in [-0.3, -0.25) is 0 Å². The molecule has 1 heterocycles. The number of hydrogen-bond acceptors (Lipinski definition) is 2. The maximum atomic E-state index is 4.69. The van der Waals surface area contributed by atoms with Crippen LogP contribution in [0, 0.1) is 0 Å². The molecule has 0 atom stereocenters. The van der Waals surface area contributed by atoms with E-state index in [0.717, 1.165) is 12.5 Å². The van der Waals surface area contributed by atoms with Gasteiger partial charge in [-0.05, 0) is 22.4 Å². The second-order valence-corrected chi connectivity index (χ2v) is 5.57. The maximum Gasteiger partial charge on any atom is 0.195 e. The lowest BCUT2D eigenvalue weighted by Crippen LogP contribution is -2.35. The third-order valence-corrected chi connectivity index (χ3v) is 3.76. The molecule has 18 heavy (non-hydrogen) atoms. The zero-order valence-corrected chi connectivity index (χ0v) is 12.2. The molecule has 0 aliphatic heterocycles. The lowest BCUT2D eigenvalue weighted by atomic mass is 10.2. The van der Waals surface area contributed by atoms with Crippen LogP contribution in [-0.4, -0.2) is 44.0 Å². The van der Waals surface area contributed by atoms with E-state index in [-0.39, 0.29) is 0 Å². The van der Waals surface area contributed by atoms with E-state index >= 15 is 0 Å². The lowest BCUT2D eigenvalue weighted by molar-refractivity contribution is 0.479. The van der Waals surface area contributed by atoms with E-state index in [0.29, 0.717) is 0 Å². The van der Waals surface area contributed by atoms with Gasteiger partial charge >= 0.3 is 0 Å². The van der Waals surface area contributed by atoms with Crippen molar-refractivity contribution in [3.05, 3.63) is 35.2 Å². The molecule has 96 valence electrons. The van der Waals surface area contributed by atoms with Gasteiger partial charge in [-0.1, -0.05) is 18.2 Å². The zero-order valence-electron chi connectivity index (χ0n) is 11.3. The highest BCUT2D eigenvalue weighted by Crippen LogP contribution is 2.26. The molecule has 0 N–H and O–H groups in total. The minimum atomic E-state index is 0.732. The van der Waals surface area contributed by atoms with Gasteiger partial charge in [0.15, 0.2) is 5.96 Å². The molecular weight excluding hydrogens is 242 g/mol. The maximum absolute atomic E-state index is 4.69. The van der Waals surface area contributed by atoms with Crippen molar-refractivity contribution in [2.24, 2.45) is 4.99 Å². The van der Waals surface area contributed by atoms with Crippen LogP contribution in [-0.2, 0) is 6.54 Å². The number of aliphatic imine (C=N–C) groups is 1. The van der Waals surface area contributed by atoms with Crippen molar-refractivity contribution in [3.8, 4) is 0 Å². The van der Waals surface area contributed by atoms with E-state index in [1.807, 2.05) is 38.0 Å². The van der Waals surface area contributed by atoms with Crippen LogP contribution in [0.1, 0.15) is 5.56 Å². The van der Waals surface area contributed by atoms with Crippen LogP contribution in [0.4, 0.5) is 0 Å². The van der Waals surface area contributed by atoms with E-state index in [2.05, 4.69) is 29.6 Å². The van der Waals surface area contributed by atoms with Gasteiger partial charge in [0.05, 0.1) is 6.54 Å². The summed E-state index contributed by atoms with van der Waals surface area (Å²) >= 11 is 1.79. The molecule has 0 bridgehead atoms. The van der Waals surface area contributed by atoms with Gasteiger partial charge in [0.2, 0.25) is 0 Å². The summed E-state index contributed by atoms with van der Waals surface area (Å²) in [6.07, 6.45) is 0. The molecule has 0 spiro atoms. The zero-order chi connectivity index (χ0) is 13.1. The summed E-state index contributed by atoms with van der Waals surface area (Å²) in [5.41, 5.74) is 1.30. The molecule has 1 aromatic heterocycles. The number of guanidine groups is 1. The van der Waals surface area contributed by atoms with Crippen molar-refractivity contribution in [2.45, 2.75) is 6.54 Å². The van der Waals surface area contributed by atoms with Gasteiger partial charge in [-0.2, -0.15) is 0 Å². The molecular formula is C14H19N3S. The summed E-state index contributed by atoms with van der Waals surface area (Å²) in [5, 5.41) is 3.53. The fraction of sp³-hybridized carbons (Fsp3) is 0.357. The summed E-state index contributed by atoms with van der Waals surface area (Å²) < 4.78 is 1.33. The molecule has 0 fully saturated rings. The SMILES string of the molecule is CN(C)C(=NCc1csc2ccccc12)N(C)C. The normalized spacial score (nSPS) is 10.4. The van der Waals surface area contributed by atoms with Crippen molar-refractivity contribution in [3.63, 3.8) is 0 Å². The molecule has 0 saturated heterocycles. The molecule has 2 rings (SSSR count). The molecule has 0 aliphatic carbocycles. The number of fused-ring (bicyclic) bond motifs is 1. The summed E-state index contributed by atoms with van der Waals surface area (Å²) in [6.45, 7) is 0.732. The number of rotatable bonds is 2. The fourth-order valence-electron chi connectivity index (χ4n) is 1.99. The number of thiophene rings is 1. The molecule has 0 aliphatic rings. The van der Waals surface area contributed by atoms with E-state index in [4.69, 9.17) is 4.99 Å². The molecule has 0 radical (unpaired) electrons. The quantitative estimate of drug-likeness (QED) is 0.611. The van der Waals surface area contributed by atoms with Crippen LogP contribution in [0.25, 0.3) is 10.1 Å². The first-order valence-electron chi connectivity index (χ1n) is 5.94. The smallest absolute Gasteiger partial charge is 0.195 e. The molecule has 2 aromatic rings. The molecule has 1 aromatic carbocycles. The van der Waals surface area contributed by atoms with Crippen molar-refractivity contribution >= 4 is 27.4 Å². The third-order valence-electron chi connectivity index (χ3n) is 2.75. The van der Waals surface area contributed by atoms with Crippen molar-refractivity contribution in [2.75, 3.05) is 28.2 Å². The third kappa shape index (κ3) is 2.64. The van der Waals surface area contributed by atoms with Crippen LogP contribution in [0.3, 0.4) is 0 Å². The number of benzene rings is 1. The monoisotopic (exact) mass is 261 g/mol. The highest BCUT2D eigenvalue weighted by molar-refractivity contribution is 7.17. The Bertz CT molecular complexity index is 545. The second-order valence-electron chi connectivity index (χ2n) is 4.66. The predicted octanol–water partition coefficient (Wildman–Crippen LogP) is 2.88. The Hall–Kier alpha value is -1.55. The summed E-state index contributed by atoms with van der Waals surface area (Å²) in [4.78, 5) is 8.76. The topological polar surface area (TPSA) is 18.8 Å². The molecule has 4 heteroatoms. The Kier molecular flexibility index (Phi) is 3.87. The van der Waals surface area contributed by atoms with E-state index < -0.39 is 0 Å². The van der Waals surface area contributed by atoms with Gasteiger partial charge < -0.3 is 9.80 Å². The molecule has 0 unspecified atom stereocenters. The van der Waals surface area contributed by atoms with Gasteiger partial charge in [0, 0.05) is 32.9 Å². The largest absolute Gasteiger partial charge is 0.349 e. The van der Waals surface area contributed by atoms with E-state index in [1.54, 1.807) is 11.3 Å². The molecule has 3 nitrogen and oxygen atoms in total. The Morgan fingerprint density at radius 3 is 2.44 bits per heavy atom. The lowest BCUT2D eigenvalue weighted by Gasteiger charge is -2.22. The Labute approximate surface area is 112 Å². The van der Waals surface area contributed by atoms with Crippen LogP contribution in [0.5, 0.6) is 0 Å². The van der Waals surface area contributed by atoms with Gasteiger partial charge in [-0.25, -0.2) is 4.99 Å². The van der Waals surface area contributed by atoms with Gasteiger partial charge in [0.25, 0.3) is 0 Å². The van der Waals surface area contributed by atoms with Gasteiger partial charge in [0.1, 0.15) is 0 Å². The minimum absolute atomic E-state index is 0.732. The van der Waals surface area contributed by atoms with Crippen LogP contribution in [0.2, 0.25) is 0 Å². The minimum Gasteiger partial charge on any atom is -0.349 e. The van der Waals surface area contributed by atoms with Crippen LogP contribution in [0.15, 0.2) is 34.6 Å².